The summed E-state index contributed by atoms with van der Waals surface area (Å²) >= 11 is 0. The van der Waals surface area contributed by atoms with Crippen molar-refractivity contribution in [2.24, 2.45) is 0 Å². The minimum absolute atomic E-state index is 0. The monoisotopic (exact) mass is 1090 g/mol. The van der Waals surface area contributed by atoms with E-state index in [4.69, 9.17) is 0 Å². The van der Waals surface area contributed by atoms with Crippen molar-refractivity contribution in [1.29, 1.82) is 0 Å². The van der Waals surface area contributed by atoms with Gasteiger partial charge < -0.3 is 13.7 Å². The first-order chi connectivity index (χ1) is 33.2. The summed E-state index contributed by atoms with van der Waals surface area (Å²) in [5.74, 6) is 0. The quantitative estimate of drug-likeness (QED) is 0.147. The molecule has 0 aliphatic heterocycles. The number of nitrogens with zero attached hydrogens (tertiary/aromatic N) is 3. The third-order valence-corrected chi connectivity index (χ3v) is 13.8. The molecule has 0 N–H and O–H groups in total. The number of benzene rings is 11. The van der Waals surface area contributed by atoms with Gasteiger partial charge in [-0.2, -0.15) is 42.5 Å². The summed E-state index contributed by atoms with van der Waals surface area (Å²) in [7, 11) is 0. The molecular formula is C64H39N3U. The predicted octanol–water partition coefficient (Wildman–Crippen LogP) is 16.7. The van der Waals surface area contributed by atoms with Crippen molar-refractivity contribution in [3.05, 3.63) is 249 Å². The summed E-state index contributed by atoms with van der Waals surface area (Å²) in [6, 6.07) is 93.0. The van der Waals surface area contributed by atoms with Gasteiger partial charge in [0.15, 0.2) is 0 Å². The molecule has 0 aliphatic carbocycles. The number of fused-ring (bicyclic) bond motifs is 10. The molecule has 3 heterocycles. The van der Waals surface area contributed by atoms with Gasteiger partial charge in [0.1, 0.15) is 0 Å². The average Bonchev–Trinajstić information content (AvgIpc) is 4.03. The predicted molar refractivity (Wildman–Crippen MR) is 281 cm³/mol. The van der Waals surface area contributed by atoms with Crippen molar-refractivity contribution in [3.63, 3.8) is 0 Å². The van der Waals surface area contributed by atoms with Crippen molar-refractivity contribution in [1.82, 2.24) is 13.7 Å². The smallest absolute Gasteiger partial charge is 0.328 e. The molecule has 14 aromatic rings. The first-order valence-electron chi connectivity index (χ1n) is 22.9. The Morgan fingerprint density at radius 3 is 1.32 bits per heavy atom. The molecule has 314 valence electrons. The number of hydrogen-bond donors (Lipinski definition) is 0. The van der Waals surface area contributed by atoms with E-state index in [0.29, 0.717) is 0 Å². The minimum atomic E-state index is 0. The third kappa shape index (κ3) is 6.33. The molecule has 68 heavy (non-hydrogen) atoms. The van der Waals surface area contributed by atoms with Crippen molar-refractivity contribution < 1.29 is 31.1 Å². The van der Waals surface area contributed by atoms with Gasteiger partial charge in [-0.3, -0.25) is 0 Å². The molecule has 0 radical (unpaired) electrons. The van der Waals surface area contributed by atoms with Crippen LogP contribution >= 0.6 is 0 Å². The summed E-state index contributed by atoms with van der Waals surface area (Å²) in [5, 5.41) is 9.84. The Labute approximate surface area is 417 Å². The van der Waals surface area contributed by atoms with Crippen LogP contribution in [0.1, 0.15) is 0 Å². The topological polar surface area (TPSA) is 14.8 Å². The van der Waals surface area contributed by atoms with E-state index < -0.39 is 0 Å². The molecule has 0 unspecified atom stereocenters. The van der Waals surface area contributed by atoms with Crippen molar-refractivity contribution in [3.8, 4) is 50.4 Å². The molecule has 0 fully saturated rings. The zero-order valence-corrected chi connectivity index (χ0v) is 41.0. The number of para-hydroxylation sites is 3. The van der Waals surface area contributed by atoms with Crippen LogP contribution in [0, 0.1) is 43.2 Å². The minimum Gasteiger partial charge on any atom is -0.328 e. The van der Waals surface area contributed by atoms with Crippen LogP contribution in [0.2, 0.25) is 0 Å². The molecule has 0 saturated carbocycles. The fourth-order valence-electron chi connectivity index (χ4n) is 10.8. The molecule has 14 rings (SSSR count). The Hall–Kier alpha value is -7.87. The van der Waals surface area contributed by atoms with Crippen LogP contribution in [0.5, 0.6) is 0 Å². The Bertz CT molecular complexity index is 4260. The Morgan fingerprint density at radius 1 is 0.265 bits per heavy atom. The second-order valence-electron chi connectivity index (χ2n) is 17.5. The molecule has 0 aliphatic rings. The van der Waals surface area contributed by atoms with E-state index in [9.17, 15) is 0 Å². The van der Waals surface area contributed by atoms with E-state index in [0.717, 1.165) is 33.5 Å². The van der Waals surface area contributed by atoms with Crippen LogP contribution < -0.4 is 0 Å². The van der Waals surface area contributed by atoms with Gasteiger partial charge in [-0.25, -0.2) is 11.1 Å². The van der Waals surface area contributed by atoms with E-state index in [1.165, 1.54) is 93.1 Å². The van der Waals surface area contributed by atoms with E-state index in [2.05, 4.69) is 244 Å². The Kier molecular flexibility index (Phi) is 9.62. The second kappa shape index (κ2) is 16.2. The average molecular weight is 1090 g/mol. The van der Waals surface area contributed by atoms with E-state index in [1.807, 2.05) is 18.2 Å². The SMILES string of the molecule is [U+2].[c-]1ccccc1-c1[c-]ccc(-n2c3ccc(-c4ccc5c(c4)c4ccccc4n5-c4ccccc4)cc3c3cc(-c4ccc5c(c4)c4ccccc4n5-c4cccc5ccccc45)ccc32)c1. The zero-order chi connectivity index (χ0) is 44.0. The maximum absolute atomic E-state index is 3.48. The van der Waals surface area contributed by atoms with Crippen LogP contribution in [0.3, 0.4) is 0 Å². The van der Waals surface area contributed by atoms with Gasteiger partial charge in [0.2, 0.25) is 0 Å². The largest absolute Gasteiger partial charge is 2.00 e. The third-order valence-electron chi connectivity index (χ3n) is 13.8. The fraction of sp³-hybridized carbons (Fsp3) is 0. The van der Waals surface area contributed by atoms with Crippen LogP contribution in [-0.4, -0.2) is 13.7 Å². The molecule has 0 amide bonds. The van der Waals surface area contributed by atoms with Gasteiger partial charge in [-0.1, -0.05) is 115 Å². The molecule has 0 saturated heterocycles. The maximum Gasteiger partial charge on any atom is 2.00 e. The fourth-order valence-corrected chi connectivity index (χ4v) is 10.8. The van der Waals surface area contributed by atoms with Crippen LogP contribution in [0.25, 0.3) is 127 Å². The summed E-state index contributed by atoms with van der Waals surface area (Å²) in [6.45, 7) is 0. The van der Waals surface area contributed by atoms with E-state index in [1.54, 1.807) is 0 Å². The van der Waals surface area contributed by atoms with Crippen molar-refractivity contribution in [2.45, 2.75) is 0 Å². The standard InChI is InChI=1S/C64H39N3.U/c1-3-15-42(16-4-1)44-19-13-22-50(37-44)66-62-34-30-47(45-29-33-61-54(38-45)52-24-9-11-26-59(52)65(61)49-20-5-2-6-21-49)40-56(62)57-41-48(31-35-63(57)66)46-32-36-64-55(39-46)53-25-10-12-27-60(53)67(64)58-28-14-18-43-17-7-8-23-51(43)58;/h1-15,17-18,20-41H;/q-2;+2. The first-order valence-corrected chi connectivity index (χ1v) is 22.9. The van der Waals surface area contributed by atoms with Gasteiger partial charge in [0.25, 0.3) is 0 Å². The van der Waals surface area contributed by atoms with Crippen LogP contribution in [-0.2, 0) is 0 Å². The summed E-state index contributed by atoms with van der Waals surface area (Å²) < 4.78 is 7.23. The van der Waals surface area contributed by atoms with Crippen molar-refractivity contribution >= 4 is 76.2 Å². The van der Waals surface area contributed by atoms with Gasteiger partial charge in [-0.15, -0.1) is 12.1 Å². The Morgan fingerprint density at radius 2 is 0.721 bits per heavy atom. The second-order valence-corrected chi connectivity index (χ2v) is 17.5. The number of rotatable bonds is 6. The molecule has 0 spiro atoms. The maximum atomic E-state index is 3.48. The molecule has 3 nitrogen and oxygen atoms in total. The van der Waals surface area contributed by atoms with Crippen LogP contribution in [0.4, 0.5) is 0 Å². The molecule has 0 bridgehead atoms. The van der Waals surface area contributed by atoms with E-state index >= 15 is 0 Å². The van der Waals surface area contributed by atoms with Crippen molar-refractivity contribution in [2.75, 3.05) is 0 Å². The molecule has 4 heteroatoms. The molecule has 0 atom stereocenters. The summed E-state index contributed by atoms with van der Waals surface area (Å²) in [4.78, 5) is 0. The van der Waals surface area contributed by atoms with Gasteiger partial charge in [-0.05, 0) is 112 Å². The van der Waals surface area contributed by atoms with Gasteiger partial charge in [0.05, 0.1) is 38.8 Å². The molecule has 11 aromatic carbocycles. The number of hydrogen-bond acceptors (Lipinski definition) is 0. The first kappa shape index (κ1) is 40.4. The van der Waals surface area contributed by atoms with Crippen LogP contribution in [0.15, 0.2) is 237 Å². The molecule has 3 aromatic heterocycles. The molecular weight excluding hydrogens is 1050 g/mol. The number of aromatic nitrogens is 3. The summed E-state index contributed by atoms with van der Waals surface area (Å²) in [5.41, 5.74) is 17.3. The Balaban J connectivity index is 0.00000457. The summed E-state index contributed by atoms with van der Waals surface area (Å²) in [6.07, 6.45) is 0. The van der Waals surface area contributed by atoms with Gasteiger partial charge >= 0.3 is 31.1 Å². The normalized spacial score (nSPS) is 11.7. The van der Waals surface area contributed by atoms with Gasteiger partial charge in [0, 0.05) is 43.4 Å². The zero-order valence-electron chi connectivity index (χ0n) is 36.9. The van der Waals surface area contributed by atoms with E-state index in [-0.39, 0.29) is 31.1 Å².